The fraction of sp³-hybridized carbons (Fsp3) is 0.500. The van der Waals surface area contributed by atoms with Crippen LogP contribution in [0.3, 0.4) is 0 Å². The summed E-state index contributed by atoms with van der Waals surface area (Å²) in [4.78, 5) is 17.0. The Bertz CT molecular complexity index is 1010. The second-order valence-corrected chi connectivity index (χ2v) is 8.73. The molecule has 2 fully saturated rings. The van der Waals surface area contributed by atoms with E-state index in [0.717, 1.165) is 44.6 Å². The van der Waals surface area contributed by atoms with Crippen molar-refractivity contribution in [2.75, 3.05) is 0 Å². The fourth-order valence-electron chi connectivity index (χ4n) is 4.47. The molecule has 0 spiro atoms. The lowest BCUT2D eigenvalue weighted by molar-refractivity contribution is -0.137. The minimum Gasteiger partial charge on any atom is -0.474 e. The quantitative estimate of drug-likeness (QED) is 0.590. The lowest BCUT2D eigenvalue weighted by Crippen LogP contribution is -2.45. The molecule has 2 atom stereocenters. The van der Waals surface area contributed by atoms with Gasteiger partial charge in [0.15, 0.2) is 0 Å². The molecule has 4 rings (SSSR count). The smallest absolute Gasteiger partial charge is 0.416 e. The molecule has 0 aliphatic heterocycles. The minimum atomic E-state index is -4.66. The molecule has 2 N–H and O–H groups in total. The molecule has 1 amide bonds. The highest BCUT2D eigenvalue weighted by Crippen LogP contribution is 2.38. The van der Waals surface area contributed by atoms with Gasteiger partial charge in [-0.25, -0.2) is 9.37 Å². The number of nitrogens with zero attached hydrogens (tertiary/aromatic N) is 1. The van der Waals surface area contributed by atoms with Crippen LogP contribution >= 0.6 is 0 Å². The molecule has 178 valence electrons. The SMILES string of the molecule is O=C(N[C@@H]1CCCC[C@H]1O)c1cnc(OC2CCCC2)c(-c2cc(C(F)(F)F)ccc2F)c1. The maximum atomic E-state index is 14.7. The van der Waals surface area contributed by atoms with Gasteiger partial charge in [-0.2, -0.15) is 13.2 Å². The van der Waals surface area contributed by atoms with Crippen molar-refractivity contribution in [2.24, 2.45) is 0 Å². The van der Waals surface area contributed by atoms with Gasteiger partial charge < -0.3 is 15.2 Å². The van der Waals surface area contributed by atoms with Gasteiger partial charge >= 0.3 is 6.18 Å². The number of aromatic nitrogens is 1. The number of carbonyl (C=O) groups is 1. The largest absolute Gasteiger partial charge is 0.474 e. The highest BCUT2D eigenvalue weighted by Gasteiger charge is 2.32. The van der Waals surface area contributed by atoms with Gasteiger partial charge in [0.25, 0.3) is 5.91 Å². The number of nitrogens with one attached hydrogen (secondary N) is 1. The van der Waals surface area contributed by atoms with Crippen molar-refractivity contribution in [1.29, 1.82) is 0 Å². The zero-order valence-electron chi connectivity index (χ0n) is 18.0. The molecule has 1 heterocycles. The Morgan fingerprint density at radius 2 is 1.73 bits per heavy atom. The van der Waals surface area contributed by atoms with Crippen molar-refractivity contribution in [3.05, 3.63) is 47.4 Å². The third kappa shape index (κ3) is 5.46. The molecule has 1 aromatic heterocycles. The summed E-state index contributed by atoms with van der Waals surface area (Å²) >= 11 is 0. The highest BCUT2D eigenvalue weighted by molar-refractivity contribution is 5.95. The van der Waals surface area contributed by atoms with Crippen LogP contribution in [-0.2, 0) is 6.18 Å². The summed E-state index contributed by atoms with van der Waals surface area (Å²) < 4.78 is 60.5. The van der Waals surface area contributed by atoms with Crippen LogP contribution in [0.1, 0.15) is 67.3 Å². The summed E-state index contributed by atoms with van der Waals surface area (Å²) in [7, 11) is 0. The van der Waals surface area contributed by atoms with Gasteiger partial charge in [0.2, 0.25) is 5.88 Å². The topological polar surface area (TPSA) is 71.5 Å². The van der Waals surface area contributed by atoms with Gasteiger partial charge in [0.05, 0.1) is 23.3 Å². The van der Waals surface area contributed by atoms with E-state index in [1.54, 1.807) is 0 Å². The maximum Gasteiger partial charge on any atom is 0.416 e. The van der Waals surface area contributed by atoms with Crippen LogP contribution < -0.4 is 10.1 Å². The molecule has 1 aromatic carbocycles. The van der Waals surface area contributed by atoms with Crippen LogP contribution in [0, 0.1) is 5.82 Å². The summed E-state index contributed by atoms with van der Waals surface area (Å²) in [5.74, 6) is -1.41. The maximum absolute atomic E-state index is 14.7. The number of halogens is 4. The molecule has 2 saturated carbocycles. The number of aliphatic hydroxyl groups is 1. The molecule has 5 nitrogen and oxygen atoms in total. The molecule has 0 radical (unpaired) electrons. The van der Waals surface area contributed by atoms with Crippen molar-refractivity contribution < 1.29 is 32.2 Å². The Balaban J connectivity index is 1.70. The molecule has 0 unspecified atom stereocenters. The number of benzene rings is 1. The van der Waals surface area contributed by atoms with Crippen molar-refractivity contribution in [3.8, 4) is 17.0 Å². The van der Waals surface area contributed by atoms with Crippen molar-refractivity contribution in [1.82, 2.24) is 10.3 Å². The number of pyridine rings is 1. The predicted octanol–water partition coefficient (Wildman–Crippen LogP) is 5.26. The number of amides is 1. The third-order valence-electron chi connectivity index (χ3n) is 6.32. The monoisotopic (exact) mass is 466 g/mol. The van der Waals surface area contributed by atoms with Gasteiger partial charge in [-0.05, 0) is 62.8 Å². The number of rotatable bonds is 5. The molecule has 0 bridgehead atoms. The molecule has 2 aliphatic carbocycles. The summed E-state index contributed by atoms with van der Waals surface area (Å²) in [6, 6.07) is 3.02. The molecular weight excluding hydrogens is 440 g/mol. The predicted molar refractivity (Wildman–Crippen MR) is 113 cm³/mol. The normalized spacial score (nSPS) is 21.7. The fourth-order valence-corrected chi connectivity index (χ4v) is 4.47. The number of carbonyl (C=O) groups excluding carboxylic acids is 1. The van der Waals surface area contributed by atoms with Crippen LogP contribution in [0.5, 0.6) is 5.88 Å². The third-order valence-corrected chi connectivity index (χ3v) is 6.32. The van der Waals surface area contributed by atoms with E-state index in [9.17, 15) is 27.5 Å². The van der Waals surface area contributed by atoms with Crippen LogP contribution in [0.2, 0.25) is 0 Å². The Labute approximate surface area is 189 Å². The average molecular weight is 466 g/mol. The Morgan fingerprint density at radius 3 is 2.42 bits per heavy atom. The first kappa shape index (κ1) is 23.5. The molecule has 2 aromatic rings. The Morgan fingerprint density at radius 1 is 1.03 bits per heavy atom. The standard InChI is InChI=1S/C24H26F4N2O3/c25-19-10-9-15(24(26,27)28)12-17(19)18-11-14(13-29-23(18)33-16-5-1-2-6-16)22(32)30-20-7-3-4-8-21(20)31/h9-13,16,20-21,31H,1-8H2,(H,30,32)/t20-,21-/m1/s1. The van der Waals surface area contributed by atoms with Crippen molar-refractivity contribution >= 4 is 5.91 Å². The molecule has 33 heavy (non-hydrogen) atoms. The zero-order chi connectivity index (χ0) is 23.6. The molecule has 2 aliphatic rings. The van der Waals surface area contributed by atoms with Gasteiger partial charge in [0.1, 0.15) is 11.9 Å². The van der Waals surface area contributed by atoms with E-state index >= 15 is 0 Å². The minimum absolute atomic E-state index is 0.00521. The van der Waals surface area contributed by atoms with Crippen LogP contribution in [0.4, 0.5) is 17.6 Å². The first-order valence-corrected chi connectivity index (χ1v) is 11.2. The lowest BCUT2D eigenvalue weighted by Gasteiger charge is -2.28. The number of hydrogen-bond donors (Lipinski definition) is 2. The van der Waals surface area contributed by atoms with Crippen LogP contribution in [0.25, 0.3) is 11.1 Å². The summed E-state index contributed by atoms with van der Waals surface area (Å²) in [6.45, 7) is 0. The molecule has 0 saturated heterocycles. The molecule has 9 heteroatoms. The number of alkyl halides is 3. The van der Waals surface area contributed by atoms with Crippen LogP contribution in [-0.4, -0.2) is 34.2 Å². The van der Waals surface area contributed by atoms with E-state index in [1.165, 1.54) is 12.3 Å². The van der Waals surface area contributed by atoms with Gasteiger partial charge in [-0.15, -0.1) is 0 Å². The second-order valence-electron chi connectivity index (χ2n) is 8.73. The van der Waals surface area contributed by atoms with Gasteiger partial charge in [-0.3, -0.25) is 4.79 Å². The van der Waals surface area contributed by atoms with Crippen molar-refractivity contribution in [3.63, 3.8) is 0 Å². The van der Waals surface area contributed by atoms with E-state index in [-0.39, 0.29) is 28.7 Å². The second kappa shape index (κ2) is 9.67. The lowest BCUT2D eigenvalue weighted by atomic mass is 9.92. The summed E-state index contributed by atoms with van der Waals surface area (Å²) in [5, 5.41) is 12.9. The highest BCUT2D eigenvalue weighted by atomic mass is 19.4. The Kier molecular flexibility index (Phi) is 6.88. The first-order chi connectivity index (χ1) is 15.7. The van der Waals surface area contributed by atoms with E-state index in [2.05, 4.69) is 10.3 Å². The zero-order valence-corrected chi connectivity index (χ0v) is 18.0. The van der Waals surface area contributed by atoms with E-state index in [4.69, 9.17) is 4.74 Å². The van der Waals surface area contributed by atoms with Crippen LogP contribution in [0.15, 0.2) is 30.5 Å². The summed E-state index contributed by atoms with van der Waals surface area (Å²) in [5.41, 5.74) is -1.30. The van der Waals surface area contributed by atoms with E-state index in [0.29, 0.717) is 25.0 Å². The average Bonchev–Trinajstić information content (AvgIpc) is 3.28. The van der Waals surface area contributed by atoms with Gasteiger partial charge in [-0.1, -0.05) is 12.8 Å². The number of aliphatic hydroxyl groups excluding tert-OH is 1. The van der Waals surface area contributed by atoms with E-state index in [1.807, 2.05) is 0 Å². The van der Waals surface area contributed by atoms with Crippen molar-refractivity contribution in [2.45, 2.75) is 75.8 Å². The Hall–Kier alpha value is -2.68. The molecular formula is C24H26F4N2O3. The first-order valence-electron chi connectivity index (χ1n) is 11.2. The number of ether oxygens (including phenoxy) is 1. The summed E-state index contributed by atoms with van der Waals surface area (Å²) in [6.07, 6.45) is 2.19. The number of hydrogen-bond acceptors (Lipinski definition) is 4. The van der Waals surface area contributed by atoms with Gasteiger partial charge in [0, 0.05) is 17.3 Å². The van der Waals surface area contributed by atoms with E-state index < -0.39 is 35.6 Å².